The number of rotatable bonds is 8. The molecule has 0 aliphatic carbocycles. The van der Waals surface area contributed by atoms with Crippen LogP contribution < -0.4 is 9.46 Å². The molecule has 0 unspecified atom stereocenters. The molecule has 14 heteroatoms. The summed E-state index contributed by atoms with van der Waals surface area (Å²) >= 11 is 0. The minimum Gasteiger partial charge on any atom is -0.506 e. The fourth-order valence-electron chi connectivity index (χ4n) is 3.22. The molecule has 3 aromatic rings. The molecule has 4 rings (SSSR count). The first-order valence-electron chi connectivity index (χ1n) is 10.7. The Kier molecular flexibility index (Phi) is 6.89. The average Bonchev–Trinajstić information content (AvgIpc) is 3.30. The predicted molar refractivity (Wildman–Crippen MR) is 132 cm³/mol. The number of ether oxygens (including phenoxy) is 2. The second kappa shape index (κ2) is 10.1. The normalized spacial score (nSPS) is 13.5. The lowest BCUT2D eigenvalue weighted by Gasteiger charge is -2.17. The van der Waals surface area contributed by atoms with Gasteiger partial charge in [-0.05, 0) is 37.3 Å². The number of para-hydroxylation sites is 1. The molecule has 1 aliphatic rings. The number of anilines is 1. The van der Waals surface area contributed by atoms with Crippen molar-refractivity contribution in [2.45, 2.75) is 19.1 Å². The molecule has 2 N–H and O–H groups in total. The number of aromatic hydroxyl groups is 1. The number of benzene rings is 1. The van der Waals surface area contributed by atoms with Crippen LogP contribution in [0.15, 0.2) is 53.1 Å². The van der Waals surface area contributed by atoms with Crippen LogP contribution in [0.25, 0.3) is 11.4 Å². The van der Waals surface area contributed by atoms with Gasteiger partial charge in [-0.25, -0.2) is 23.4 Å². The first-order chi connectivity index (χ1) is 17.7. The summed E-state index contributed by atoms with van der Waals surface area (Å²) < 4.78 is 40.4. The zero-order valence-corrected chi connectivity index (χ0v) is 20.9. The predicted octanol–water partition coefficient (Wildman–Crippen LogP) is 1.80. The van der Waals surface area contributed by atoms with Crippen LogP contribution in [0.3, 0.4) is 0 Å². The van der Waals surface area contributed by atoms with Gasteiger partial charge in [0.1, 0.15) is 22.4 Å². The van der Waals surface area contributed by atoms with Crippen LogP contribution in [0, 0.1) is 6.92 Å². The molecule has 0 amide bonds. The summed E-state index contributed by atoms with van der Waals surface area (Å²) in [5.74, 6) is -1.36. The van der Waals surface area contributed by atoms with E-state index in [9.17, 15) is 18.3 Å². The van der Waals surface area contributed by atoms with E-state index >= 15 is 0 Å². The smallest absolute Gasteiger partial charge is 0.245 e. The largest absolute Gasteiger partial charge is 0.506 e. The lowest BCUT2D eigenvalue weighted by atomic mass is 10.2. The Labute approximate surface area is 211 Å². The quantitative estimate of drug-likeness (QED) is 0.328. The minimum absolute atomic E-state index is 0.0153. The van der Waals surface area contributed by atoms with Crippen molar-refractivity contribution in [2.24, 2.45) is 4.99 Å². The number of hydrogen-bond acceptors (Lipinski definition) is 11. The zero-order chi connectivity index (χ0) is 26.7. The first kappa shape index (κ1) is 25.3. The number of sulfonamides is 1. The second-order valence-electron chi connectivity index (χ2n) is 7.66. The number of hydrogen-bond donors (Lipinski definition) is 2. The summed E-state index contributed by atoms with van der Waals surface area (Å²) in [6.07, 6.45) is 4.26. The number of ketones is 1. The Morgan fingerprint density at radius 1 is 1.16 bits per heavy atom. The first-order valence-corrected chi connectivity index (χ1v) is 12.2. The summed E-state index contributed by atoms with van der Waals surface area (Å²) in [5, 5.41) is 17.1. The van der Waals surface area contributed by atoms with Gasteiger partial charge in [-0.2, -0.15) is 0 Å². The van der Waals surface area contributed by atoms with E-state index < -0.39 is 21.1 Å². The highest BCUT2D eigenvalue weighted by Gasteiger charge is 2.33. The molecular formula is C23H21N7O6S. The molecule has 37 heavy (non-hydrogen) atoms. The van der Waals surface area contributed by atoms with Crippen LogP contribution >= 0.6 is 0 Å². The van der Waals surface area contributed by atoms with E-state index in [0.29, 0.717) is 5.56 Å². The number of aliphatic imine (C=N–C) groups is 1. The van der Waals surface area contributed by atoms with Gasteiger partial charge in [0.25, 0.3) is 0 Å². The minimum atomic E-state index is -4.40. The molecule has 1 atom stereocenters. The van der Waals surface area contributed by atoms with Gasteiger partial charge in [-0.1, -0.05) is 11.8 Å². The summed E-state index contributed by atoms with van der Waals surface area (Å²) in [4.78, 5) is 24.9. The van der Waals surface area contributed by atoms with Crippen molar-refractivity contribution in [3.05, 3.63) is 65.3 Å². The molecule has 0 radical (unpaired) electrons. The number of Topliss-reactive ketones (excluding diaryl/α,β-unsaturated/α-hetero) is 1. The fourth-order valence-corrected chi connectivity index (χ4v) is 4.17. The maximum atomic E-state index is 13.2. The number of methoxy groups -OCH3 is 2. The SMILES string of the molecule is COC1=NC(c2nnc(NS(=O)(=O)[C@H](C)C(=O)c3ncc(C)cn3)n2-c2c(O)cccc2OC)=C=C=C1. The van der Waals surface area contributed by atoms with Gasteiger partial charge in [-0.15, -0.1) is 10.2 Å². The van der Waals surface area contributed by atoms with Gasteiger partial charge in [0.2, 0.25) is 27.7 Å². The van der Waals surface area contributed by atoms with E-state index in [1.807, 2.05) is 0 Å². The number of carbonyl (C=O) groups excluding carboxylic acids is 1. The van der Waals surface area contributed by atoms with E-state index in [-0.39, 0.29) is 46.4 Å². The highest BCUT2D eigenvalue weighted by Crippen LogP contribution is 2.36. The Morgan fingerprint density at radius 2 is 1.89 bits per heavy atom. The molecule has 0 fully saturated rings. The number of phenols is 1. The Balaban J connectivity index is 1.83. The van der Waals surface area contributed by atoms with Gasteiger partial charge in [0.05, 0.1) is 20.3 Å². The molecule has 1 aliphatic heterocycles. The Bertz CT molecular complexity index is 1610. The van der Waals surface area contributed by atoms with E-state index in [2.05, 4.69) is 41.3 Å². The average molecular weight is 524 g/mol. The number of nitrogens with one attached hydrogen (secondary N) is 1. The standard InChI is InChI=1S/C23H21N7O6S/c1-13-11-24-21(25-12-13)20(32)14(2)37(33,34)29-23-28-27-22(15-7-5-10-18(26-15)36-4)30(23)19-16(31)8-6-9-17(19)35-3/h6,8-12,14,31H,1-4H3,(H,28,29)/t14-/m1/s1. The van der Waals surface area contributed by atoms with Gasteiger partial charge >= 0.3 is 0 Å². The molecule has 0 saturated heterocycles. The molecule has 13 nitrogen and oxygen atoms in total. The van der Waals surface area contributed by atoms with Gasteiger partial charge in [0, 0.05) is 12.4 Å². The zero-order valence-electron chi connectivity index (χ0n) is 20.1. The van der Waals surface area contributed by atoms with Crippen LogP contribution in [0.1, 0.15) is 28.9 Å². The van der Waals surface area contributed by atoms with Crippen LogP contribution in [0.4, 0.5) is 5.95 Å². The lowest BCUT2D eigenvalue weighted by Crippen LogP contribution is -2.34. The molecule has 0 saturated carbocycles. The highest BCUT2D eigenvalue weighted by atomic mass is 32.2. The molecule has 0 spiro atoms. The highest BCUT2D eigenvalue weighted by molar-refractivity contribution is 7.94. The summed E-state index contributed by atoms with van der Waals surface area (Å²) in [6, 6.07) is 4.46. The third-order valence-electron chi connectivity index (χ3n) is 5.18. The number of carbonyl (C=O) groups is 1. The van der Waals surface area contributed by atoms with Crippen molar-refractivity contribution in [1.29, 1.82) is 0 Å². The van der Waals surface area contributed by atoms with Crippen molar-refractivity contribution in [1.82, 2.24) is 24.7 Å². The van der Waals surface area contributed by atoms with Gasteiger partial charge in [-0.3, -0.25) is 14.1 Å². The molecule has 3 heterocycles. The van der Waals surface area contributed by atoms with Gasteiger partial charge in [0.15, 0.2) is 17.3 Å². The molecule has 2 aromatic heterocycles. The van der Waals surface area contributed by atoms with Crippen molar-refractivity contribution in [3.63, 3.8) is 0 Å². The maximum absolute atomic E-state index is 13.2. The summed E-state index contributed by atoms with van der Waals surface area (Å²) in [5.41, 5.74) is 6.30. The van der Waals surface area contributed by atoms with Crippen LogP contribution in [0.5, 0.6) is 11.5 Å². The van der Waals surface area contributed by atoms with Crippen molar-refractivity contribution >= 4 is 33.3 Å². The maximum Gasteiger partial charge on any atom is 0.245 e. The third-order valence-corrected chi connectivity index (χ3v) is 6.80. The van der Waals surface area contributed by atoms with E-state index in [1.165, 1.54) is 56.3 Å². The summed E-state index contributed by atoms with van der Waals surface area (Å²) in [6.45, 7) is 2.93. The van der Waals surface area contributed by atoms with E-state index in [1.54, 1.807) is 13.0 Å². The molecule has 190 valence electrons. The van der Waals surface area contributed by atoms with Crippen LogP contribution in [-0.4, -0.2) is 69.4 Å². The second-order valence-corrected chi connectivity index (χ2v) is 9.67. The topological polar surface area (TPSA) is 171 Å². The lowest BCUT2D eigenvalue weighted by molar-refractivity contribution is 0.0981. The van der Waals surface area contributed by atoms with Crippen LogP contribution in [-0.2, 0) is 14.8 Å². The van der Waals surface area contributed by atoms with E-state index in [0.717, 1.165) is 0 Å². The number of nitrogens with zero attached hydrogens (tertiary/aromatic N) is 6. The third kappa shape index (κ3) is 4.98. The van der Waals surface area contributed by atoms with E-state index in [4.69, 9.17) is 9.47 Å². The Morgan fingerprint density at radius 3 is 2.57 bits per heavy atom. The molecule has 1 aromatic carbocycles. The van der Waals surface area contributed by atoms with Crippen LogP contribution in [0.2, 0.25) is 0 Å². The molecule has 0 bridgehead atoms. The fraction of sp³-hybridized carbons (Fsp3) is 0.217. The monoisotopic (exact) mass is 523 g/mol. The Hall–Kier alpha value is -4.77. The summed E-state index contributed by atoms with van der Waals surface area (Å²) in [7, 11) is -1.62. The van der Waals surface area contributed by atoms with Gasteiger partial charge < -0.3 is 14.6 Å². The number of phenolic OH excluding ortho intramolecular Hbond substituents is 1. The van der Waals surface area contributed by atoms with Crippen molar-refractivity contribution in [2.75, 3.05) is 18.9 Å². The molecular weight excluding hydrogens is 502 g/mol. The number of aryl methyl sites for hydroxylation is 1. The van der Waals surface area contributed by atoms with Crippen molar-refractivity contribution < 1.29 is 27.8 Å². The number of aromatic nitrogens is 5. The van der Waals surface area contributed by atoms with Crippen molar-refractivity contribution in [3.8, 4) is 17.2 Å².